The van der Waals surface area contributed by atoms with E-state index in [1.165, 1.54) is 25.7 Å². The van der Waals surface area contributed by atoms with Gasteiger partial charge in [0, 0.05) is 13.2 Å². The topological polar surface area (TPSA) is 9.23 Å². The number of hydrogen-bond acceptors (Lipinski definition) is 1. The molecule has 0 saturated carbocycles. The van der Waals surface area contributed by atoms with Crippen molar-refractivity contribution in [3.63, 3.8) is 0 Å². The Morgan fingerprint density at radius 2 is 1.85 bits per heavy atom. The van der Waals surface area contributed by atoms with E-state index in [2.05, 4.69) is 20.8 Å². The quantitative estimate of drug-likeness (QED) is 0.650. The van der Waals surface area contributed by atoms with Gasteiger partial charge in [-0.3, -0.25) is 0 Å². The molecular weight excluding hydrogens is 160 g/mol. The van der Waals surface area contributed by atoms with Crippen LogP contribution in [-0.2, 0) is 4.74 Å². The Hall–Kier alpha value is -0.0400. The zero-order chi connectivity index (χ0) is 9.68. The van der Waals surface area contributed by atoms with E-state index in [-0.39, 0.29) is 0 Å². The third-order valence-electron chi connectivity index (χ3n) is 3.44. The van der Waals surface area contributed by atoms with Crippen LogP contribution < -0.4 is 0 Å². The lowest BCUT2D eigenvalue weighted by Crippen LogP contribution is -2.20. The van der Waals surface area contributed by atoms with Gasteiger partial charge in [0.2, 0.25) is 0 Å². The molecule has 1 atom stereocenters. The van der Waals surface area contributed by atoms with Crippen LogP contribution in [0.1, 0.15) is 46.5 Å². The minimum atomic E-state index is 0.854. The first-order valence-corrected chi connectivity index (χ1v) is 5.81. The van der Waals surface area contributed by atoms with E-state index in [0.29, 0.717) is 0 Å². The van der Waals surface area contributed by atoms with Gasteiger partial charge in [0.25, 0.3) is 0 Å². The van der Waals surface area contributed by atoms with Crippen LogP contribution in [0, 0.1) is 17.8 Å². The van der Waals surface area contributed by atoms with E-state index in [4.69, 9.17) is 4.74 Å². The van der Waals surface area contributed by atoms with Crippen molar-refractivity contribution in [2.75, 3.05) is 13.2 Å². The van der Waals surface area contributed by atoms with E-state index < -0.39 is 0 Å². The summed E-state index contributed by atoms with van der Waals surface area (Å²) in [6, 6.07) is 0. The predicted octanol–water partition coefficient (Wildman–Crippen LogP) is 3.49. The average molecular weight is 184 g/mol. The molecule has 1 aliphatic heterocycles. The maximum Gasteiger partial charge on any atom is 0.0468 e. The molecule has 1 unspecified atom stereocenters. The van der Waals surface area contributed by atoms with E-state index in [1.807, 2.05) is 0 Å². The fourth-order valence-corrected chi connectivity index (χ4v) is 2.32. The van der Waals surface area contributed by atoms with Crippen molar-refractivity contribution >= 4 is 0 Å². The zero-order valence-electron chi connectivity index (χ0n) is 9.38. The van der Waals surface area contributed by atoms with Gasteiger partial charge >= 0.3 is 0 Å². The van der Waals surface area contributed by atoms with Crippen LogP contribution in [0.15, 0.2) is 0 Å². The molecule has 1 fully saturated rings. The molecule has 1 heterocycles. The van der Waals surface area contributed by atoms with Gasteiger partial charge in [-0.25, -0.2) is 0 Å². The predicted molar refractivity (Wildman–Crippen MR) is 56.8 cm³/mol. The average Bonchev–Trinajstić information content (AvgIpc) is 2.15. The van der Waals surface area contributed by atoms with Gasteiger partial charge in [0.15, 0.2) is 0 Å². The molecule has 0 radical (unpaired) electrons. The lowest BCUT2D eigenvalue weighted by molar-refractivity contribution is 0.0554. The molecule has 1 nitrogen and oxygen atoms in total. The molecule has 13 heavy (non-hydrogen) atoms. The molecule has 0 aromatic heterocycles. The van der Waals surface area contributed by atoms with Gasteiger partial charge in [-0.05, 0) is 37.0 Å². The molecule has 0 bridgehead atoms. The summed E-state index contributed by atoms with van der Waals surface area (Å²) < 4.78 is 5.38. The minimum absolute atomic E-state index is 0.854. The Bertz CT molecular complexity index is 125. The summed E-state index contributed by atoms with van der Waals surface area (Å²) >= 11 is 0. The first kappa shape index (κ1) is 11.0. The normalized spacial score (nSPS) is 22.2. The highest BCUT2D eigenvalue weighted by molar-refractivity contribution is 4.70. The highest BCUT2D eigenvalue weighted by Crippen LogP contribution is 2.28. The van der Waals surface area contributed by atoms with Gasteiger partial charge in [-0.1, -0.05) is 27.2 Å². The van der Waals surface area contributed by atoms with Crippen LogP contribution in [-0.4, -0.2) is 13.2 Å². The summed E-state index contributed by atoms with van der Waals surface area (Å²) in [4.78, 5) is 0. The van der Waals surface area contributed by atoms with Gasteiger partial charge in [0.1, 0.15) is 0 Å². The number of hydrogen-bond donors (Lipinski definition) is 0. The molecular formula is C12H24O. The van der Waals surface area contributed by atoms with E-state index in [1.54, 1.807) is 0 Å². The maximum absolute atomic E-state index is 5.38. The minimum Gasteiger partial charge on any atom is -0.381 e. The van der Waals surface area contributed by atoms with Crippen LogP contribution in [0.25, 0.3) is 0 Å². The Morgan fingerprint density at radius 3 is 2.31 bits per heavy atom. The SMILES string of the molecule is CCC(CC1CCOCC1)C(C)C. The highest BCUT2D eigenvalue weighted by atomic mass is 16.5. The molecule has 0 spiro atoms. The Labute approximate surface area is 82.9 Å². The van der Waals surface area contributed by atoms with Crippen molar-refractivity contribution in [3.05, 3.63) is 0 Å². The molecule has 78 valence electrons. The number of rotatable bonds is 4. The molecule has 0 N–H and O–H groups in total. The van der Waals surface area contributed by atoms with Crippen molar-refractivity contribution in [3.8, 4) is 0 Å². The summed E-state index contributed by atoms with van der Waals surface area (Å²) in [5.41, 5.74) is 0. The summed E-state index contributed by atoms with van der Waals surface area (Å²) in [7, 11) is 0. The fourth-order valence-electron chi connectivity index (χ4n) is 2.32. The molecule has 1 heteroatoms. The van der Waals surface area contributed by atoms with E-state index in [0.717, 1.165) is 31.0 Å². The Kier molecular flexibility index (Phi) is 4.79. The lowest BCUT2D eigenvalue weighted by Gasteiger charge is -2.28. The number of ether oxygens (including phenoxy) is 1. The van der Waals surface area contributed by atoms with Crippen LogP contribution in [0.3, 0.4) is 0 Å². The van der Waals surface area contributed by atoms with Crippen LogP contribution in [0.2, 0.25) is 0 Å². The monoisotopic (exact) mass is 184 g/mol. The third-order valence-corrected chi connectivity index (χ3v) is 3.44. The molecule has 0 amide bonds. The summed E-state index contributed by atoms with van der Waals surface area (Å²) in [5, 5.41) is 0. The van der Waals surface area contributed by atoms with Gasteiger partial charge in [-0.2, -0.15) is 0 Å². The molecule has 0 aliphatic carbocycles. The molecule has 1 saturated heterocycles. The Balaban J connectivity index is 2.27. The van der Waals surface area contributed by atoms with E-state index in [9.17, 15) is 0 Å². The third kappa shape index (κ3) is 3.68. The first-order valence-electron chi connectivity index (χ1n) is 5.81. The standard InChI is InChI=1S/C12H24O/c1-4-12(10(2)3)9-11-5-7-13-8-6-11/h10-12H,4-9H2,1-3H3. The van der Waals surface area contributed by atoms with Gasteiger partial charge in [0.05, 0.1) is 0 Å². The summed E-state index contributed by atoms with van der Waals surface area (Å²) in [6.45, 7) is 9.03. The largest absolute Gasteiger partial charge is 0.381 e. The van der Waals surface area contributed by atoms with Crippen molar-refractivity contribution in [1.29, 1.82) is 0 Å². The van der Waals surface area contributed by atoms with Gasteiger partial charge < -0.3 is 4.74 Å². The molecule has 1 rings (SSSR count). The van der Waals surface area contributed by atoms with Crippen molar-refractivity contribution in [1.82, 2.24) is 0 Å². The Morgan fingerprint density at radius 1 is 1.23 bits per heavy atom. The highest BCUT2D eigenvalue weighted by Gasteiger charge is 2.19. The lowest BCUT2D eigenvalue weighted by atomic mass is 9.82. The fraction of sp³-hybridized carbons (Fsp3) is 1.00. The van der Waals surface area contributed by atoms with Crippen molar-refractivity contribution in [2.24, 2.45) is 17.8 Å². The van der Waals surface area contributed by atoms with Crippen LogP contribution >= 0.6 is 0 Å². The van der Waals surface area contributed by atoms with Gasteiger partial charge in [-0.15, -0.1) is 0 Å². The van der Waals surface area contributed by atoms with E-state index >= 15 is 0 Å². The van der Waals surface area contributed by atoms with Crippen LogP contribution in [0.5, 0.6) is 0 Å². The molecule has 1 aliphatic rings. The smallest absolute Gasteiger partial charge is 0.0468 e. The first-order chi connectivity index (χ1) is 6.24. The summed E-state index contributed by atoms with van der Waals surface area (Å²) in [6.07, 6.45) is 5.36. The van der Waals surface area contributed by atoms with Crippen LogP contribution in [0.4, 0.5) is 0 Å². The maximum atomic E-state index is 5.38. The second-order valence-electron chi connectivity index (χ2n) is 4.70. The second-order valence-corrected chi connectivity index (χ2v) is 4.70. The summed E-state index contributed by atoms with van der Waals surface area (Å²) in [5.74, 6) is 2.73. The molecule has 0 aromatic rings. The zero-order valence-corrected chi connectivity index (χ0v) is 9.38. The van der Waals surface area contributed by atoms with Crippen molar-refractivity contribution in [2.45, 2.75) is 46.5 Å². The van der Waals surface area contributed by atoms with Crippen molar-refractivity contribution < 1.29 is 4.74 Å². The second kappa shape index (κ2) is 5.64. The molecule has 0 aromatic carbocycles.